The van der Waals surface area contributed by atoms with E-state index in [1.807, 2.05) is 0 Å². The van der Waals surface area contributed by atoms with Gasteiger partial charge in [0.15, 0.2) is 0 Å². The molecule has 0 aromatic carbocycles. The molecule has 0 unspecified atom stereocenters. The van der Waals surface area contributed by atoms with Gasteiger partial charge in [0.05, 0.1) is 5.69 Å². The SMILES string of the molecule is Cc1ccnc(NCC(F)(F)F)c1N. The standard InChI is InChI=1S/C8H10F3N3/c1-5-2-3-13-7(6(5)12)14-4-8(9,10)11/h2-3H,4,12H2,1H3,(H,13,14). The van der Waals surface area contributed by atoms with E-state index >= 15 is 0 Å². The summed E-state index contributed by atoms with van der Waals surface area (Å²) in [5.74, 6) is 0.0716. The lowest BCUT2D eigenvalue weighted by atomic mass is 10.2. The summed E-state index contributed by atoms with van der Waals surface area (Å²) in [5.41, 5.74) is 6.47. The van der Waals surface area contributed by atoms with Crippen LogP contribution >= 0.6 is 0 Å². The van der Waals surface area contributed by atoms with Crippen molar-refractivity contribution in [1.82, 2.24) is 4.98 Å². The molecule has 1 aromatic heterocycles. The second-order valence-corrected chi connectivity index (χ2v) is 2.86. The quantitative estimate of drug-likeness (QED) is 0.775. The lowest BCUT2D eigenvalue weighted by Gasteiger charge is -2.11. The fourth-order valence-electron chi connectivity index (χ4n) is 0.895. The molecular weight excluding hydrogens is 195 g/mol. The normalized spacial score (nSPS) is 11.4. The molecule has 0 atom stereocenters. The molecule has 0 aliphatic carbocycles. The molecule has 14 heavy (non-hydrogen) atoms. The Hall–Kier alpha value is -1.46. The highest BCUT2D eigenvalue weighted by molar-refractivity contribution is 5.64. The molecule has 0 fully saturated rings. The first-order valence-corrected chi connectivity index (χ1v) is 3.92. The van der Waals surface area contributed by atoms with Crippen LogP contribution < -0.4 is 11.1 Å². The summed E-state index contributed by atoms with van der Waals surface area (Å²) >= 11 is 0. The third-order valence-electron chi connectivity index (χ3n) is 1.66. The number of nitrogen functional groups attached to an aromatic ring is 1. The summed E-state index contributed by atoms with van der Waals surface area (Å²) in [5, 5.41) is 2.13. The van der Waals surface area contributed by atoms with Crippen molar-refractivity contribution in [3.8, 4) is 0 Å². The molecule has 0 spiro atoms. The molecule has 0 aliphatic rings. The average molecular weight is 205 g/mol. The molecular formula is C8H10F3N3. The van der Waals surface area contributed by atoms with Gasteiger partial charge in [0.2, 0.25) is 0 Å². The van der Waals surface area contributed by atoms with Crippen LogP contribution in [0.4, 0.5) is 24.7 Å². The Labute approximate surface area is 79.1 Å². The van der Waals surface area contributed by atoms with Crippen molar-refractivity contribution in [2.24, 2.45) is 0 Å². The van der Waals surface area contributed by atoms with E-state index in [-0.39, 0.29) is 11.5 Å². The molecule has 3 nitrogen and oxygen atoms in total. The van der Waals surface area contributed by atoms with Crippen LogP contribution in [0.5, 0.6) is 0 Å². The Morgan fingerprint density at radius 3 is 2.71 bits per heavy atom. The van der Waals surface area contributed by atoms with Gasteiger partial charge < -0.3 is 11.1 Å². The highest BCUT2D eigenvalue weighted by Crippen LogP contribution is 2.21. The zero-order valence-corrected chi connectivity index (χ0v) is 7.52. The van der Waals surface area contributed by atoms with Gasteiger partial charge in [0.1, 0.15) is 12.4 Å². The van der Waals surface area contributed by atoms with Crippen molar-refractivity contribution in [1.29, 1.82) is 0 Å². The van der Waals surface area contributed by atoms with E-state index in [4.69, 9.17) is 5.73 Å². The highest BCUT2D eigenvalue weighted by atomic mass is 19.4. The number of nitrogens with two attached hydrogens (primary N) is 1. The topological polar surface area (TPSA) is 50.9 Å². The summed E-state index contributed by atoms with van der Waals surface area (Å²) in [6.07, 6.45) is -2.86. The summed E-state index contributed by atoms with van der Waals surface area (Å²) in [6, 6.07) is 1.63. The van der Waals surface area contributed by atoms with Gasteiger partial charge in [-0.2, -0.15) is 13.2 Å². The van der Waals surface area contributed by atoms with Crippen LogP contribution in [0.3, 0.4) is 0 Å². The van der Waals surface area contributed by atoms with Crippen molar-refractivity contribution in [3.63, 3.8) is 0 Å². The molecule has 0 radical (unpaired) electrons. The molecule has 0 saturated heterocycles. The van der Waals surface area contributed by atoms with Gasteiger partial charge >= 0.3 is 6.18 Å². The fourth-order valence-corrected chi connectivity index (χ4v) is 0.895. The van der Waals surface area contributed by atoms with E-state index in [9.17, 15) is 13.2 Å². The number of aromatic nitrogens is 1. The van der Waals surface area contributed by atoms with Gasteiger partial charge in [-0.15, -0.1) is 0 Å². The number of rotatable bonds is 2. The first kappa shape index (κ1) is 10.6. The van der Waals surface area contributed by atoms with Crippen LogP contribution in [0.1, 0.15) is 5.56 Å². The lowest BCUT2D eigenvalue weighted by molar-refractivity contribution is -0.115. The summed E-state index contributed by atoms with van der Waals surface area (Å²) in [7, 11) is 0. The number of pyridine rings is 1. The number of nitrogens with one attached hydrogen (secondary N) is 1. The van der Waals surface area contributed by atoms with E-state index in [1.54, 1.807) is 13.0 Å². The Kier molecular flexibility index (Phi) is 2.83. The van der Waals surface area contributed by atoms with Crippen LogP contribution in [0.15, 0.2) is 12.3 Å². The number of nitrogens with zero attached hydrogens (tertiary/aromatic N) is 1. The molecule has 0 aliphatic heterocycles. The van der Waals surface area contributed by atoms with Gasteiger partial charge in [0, 0.05) is 6.20 Å². The van der Waals surface area contributed by atoms with Gasteiger partial charge in [-0.05, 0) is 18.6 Å². The van der Waals surface area contributed by atoms with E-state index in [0.29, 0.717) is 5.56 Å². The molecule has 78 valence electrons. The molecule has 6 heteroatoms. The molecule has 3 N–H and O–H groups in total. The average Bonchev–Trinajstić information content (AvgIpc) is 2.06. The van der Waals surface area contributed by atoms with Crippen LogP contribution in [0, 0.1) is 6.92 Å². The number of anilines is 2. The zero-order valence-electron chi connectivity index (χ0n) is 7.52. The van der Waals surface area contributed by atoms with Gasteiger partial charge in [0.25, 0.3) is 0 Å². The fraction of sp³-hybridized carbons (Fsp3) is 0.375. The van der Waals surface area contributed by atoms with E-state index < -0.39 is 12.7 Å². The van der Waals surface area contributed by atoms with E-state index in [2.05, 4.69) is 10.3 Å². The smallest absolute Gasteiger partial charge is 0.396 e. The second kappa shape index (κ2) is 3.73. The summed E-state index contributed by atoms with van der Waals surface area (Å²) in [4.78, 5) is 3.71. The van der Waals surface area contributed by atoms with Crippen LogP contribution in [0.25, 0.3) is 0 Å². The van der Waals surface area contributed by atoms with Crippen molar-refractivity contribution >= 4 is 11.5 Å². The van der Waals surface area contributed by atoms with Gasteiger partial charge in [-0.1, -0.05) is 0 Å². The minimum absolute atomic E-state index is 0.0716. The minimum Gasteiger partial charge on any atom is -0.396 e. The number of alkyl halides is 3. The van der Waals surface area contributed by atoms with E-state index in [0.717, 1.165) is 0 Å². The van der Waals surface area contributed by atoms with Crippen molar-refractivity contribution in [2.45, 2.75) is 13.1 Å². The molecule has 1 heterocycles. The zero-order chi connectivity index (χ0) is 10.8. The predicted octanol–water partition coefficient (Wildman–Crippen LogP) is 1.95. The first-order chi connectivity index (χ1) is 6.40. The Morgan fingerprint density at radius 1 is 1.50 bits per heavy atom. The molecule has 0 saturated carbocycles. The number of aryl methyl sites for hydroxylation is 1. The Balaban J connectivity index is 2.73. The Morgan fingerprint density at radius 2 is 2.14 bits per heavy atom. The van der Waals surface area contributed by atoms with E-state index in [1.165, 1.54) is 6.20 Å². The lowest BCUT2D eigenvalue weighted by Crippen LogP contribution is -2.22. The maximum absolute atomic E-state index is 11.8. The highest BCUT2D eigenvalue weighted by Gasteiger charge is 2.27. The maximum atomic E-state index is 11.8. The number of hydrogen-bond acceptors (Lipinski definition) is 3. The van der Waals surface area contributed by atoms with Crippen LogP contribution in [-0.2, 0) is 0 Å². The minimum atomic E-state index is -4.27. The van der Waals surface area contributed by atoms with Crippen molar-refractivity contribution in [2.75, 3.05) is 17.6 Å². The monoisotopic (exact) mass is 205 g/mol. The second-order valence-electron chi connectivity index (χ2n) is 2.86. The Bertz CT molecular complexity index is 322. The van der Waals surface area contributed by atoms with Crippen LogP contribution in [-0.4, -0.2) is 17.7 Å². The van der Waals surface area contributed by atoms with Gasteiger partial charge in [-0.25, -0.2) is 4.98 Å². The third kappa shape index (κ3) is 2.79. The molecule has 1 aromatic rings. The molecule has 1 rings (SSSR count). The predicted molar refractivity (Wildman–Crippen MR) is 47.9 cm³/mol. The number of halogens is 3. The summed E-state index contributed by atoms with van der Waals surface area (Å²) in [6.45, 7) is 0.573. The van der Waals surface area contributed by atoms with Crippen LogP contribution in [0.2, 0.25) is 0 Å². The third-order valence-corrected chi connectivity index (χ3v) is 1.66. The maximum Gasteiger partial charge on any atom is 0.405 e. The largest absolute Gasteiger partial charge is 0.405 e. The van der Waals surface area contributed by atoms with Crippen molar-refractivity contribution in [3.05, 3.63) is 17.8 Å². The number of hydrogen-bond donors (Lipinski definition) is 2. The van der Waals surface area contributed by atoms with Gasteiger partial charge in [-0.3, -0.25) is 0 Å². The molecule has 0 bridgehead atoms. The molecule has 0 amide bonds. The van der Waals surface area contributed by atoms with Crippen molar-refractivity contribution < 1.29 is 13.2 Å². The first-order valence-electron chi connectivity index (χ1n) is 3.92. The summed E-state index contributed by atoms with van der Waals surface area (Å²) < 4.78 is 35.5.